The maximum absolute atomic E-state index is 13.4. The Balaban J connectivity index is 2.57. The van der Waals surface area contributed by atoms with Crippen LogP contribution in [0.5, 0.6) is 17.2 Å². The summed E-state index contributed by atoms with van der Waals surface area (Å²) in [5.74, 6) is 0.689. The summed E-state index contributed by atoms with van der Waals surface area (Å²) in [5.41, 5.74) is 1.34. The lowest BCUT2D eigenvalue weighted by molar-refractivity contribution is -0.159. The number of esters is 1. The summed E-state index contributed by atoms with van der Waals surface area (Å²) in [4.78, 5) is 26.8. The number of hydrogen-bond donors (Lipinski definition) is 1. The van der Waals surface area contributed by atoms with E-state index in [1.807, 2.05) is 31.2 Å². The summed E-state index contributed by atoms with van der Waals surface area (Å²) < 4.78 is 29.4. The van der Waals surface area contributed by atoms with Gasteiger partial charge in [-0.1, -0.05) is 51.1 Å². The second-order valence-electron chi connectivity index (χ2n) is 12.4. The Kier molecular flexibility index (Phi) is 10.8. The molecule has 0 saturated carbocycles. The first-order chi connectivity index (χ1) is 18.5. The summed E-state index contributed by atoms with van der Waals surface area (Å²) in [6.45, 7) is 18.0. The van der Waals surface area contributed by atoms with Crippen molar-refractivity contribution in [3.05, 3.63) is 53.1 Å². The van der Waals surface area contributed by atoms with E-state index in [2.05, 4.69) is 39.2 Å². The molecule has 2 atom stereocenters. The van der Waals surface area contributed by atoms with Gasteiger partial charge in [0.25, 0.3) is 14.2 Å². The second kappa shape index (κ2) is 13.1. The van der Waals surface area contributed by atoms with E-state index >= 15 is 0 Å². The zero-order valence-corrected chi connectivity index (χ0v) is 27.2. The SMILES string of the molecule is COc1c(CC(NC(=O)[C@H](OC)c2ccccc2)C(=O)OC(C)(C)C)cc(O[Si](C)(C)C(C)(C)C)c(OC)c1C. The minimum atomic E-state index is -2.24. The third-order valence-electron chi connectivity index (χ3n) is 7.09. The molecule has 2 aromatic rings. The first kappa shape index (κ1) is 33.2. The van der Waals surface area contributed by atoms with Crippen molar-refractivity contribution in [2.45, 2.75) is 90.8 Å². The van der Waals surface area contributed by atoms with Crippen LogP contribution >= 0.6 is 0 Å². The van der Waals surface area contributed by atoms with Crippen molar-refractivity contribution in [3.63, 3.8) is 0 Å². The Morgan fingerprint density at radius 2 is 1.50 bits per heavy atom. The van der Waals surface area contributed by atoms with Gasteiger partial charge in [0.05, 0.1) is 14.2 Å². The van der Waals surface area contributed by atoms with Crippen LogP contribution in [0.15, 0.2) is 36.4 Å². The van der Waals surface area contributed by atoms with Crippen LogP contribution in [-0.2, 0) is 25.5 Å². The van der Waals surface area contributed by atoms with Gasteiger partial charge in [-0.05, 0) is 57.5 Å². The fourth-order valence-electron chi connectivity index (χ4n) is 4.07. The number of ether oxygens (including phenoxy) is 4. The monoisotopic (exact) mass is 573 g/mol. The number of benzene rings is 2. The highest BCUT2D eigenvalue weighted by molar-refractivity contribution is 6.74. The molecule has 1 amide bonds. The Bertz CT molecular complexity index is 1170. The smallest absolute Gasteiger partial charge is 0.329 e. The zero-order valence-electron chi connectivity index (χ0n) is 26.2. The van der Waals surface area contributed by atoms with Crippen LogP contribution in [0.2, 0.25) is 18.1 Å². The third kappa shape index (κ3) is 8.24. The van der Waals surface area contributed by atoms with Gasteiger partial charge < -0.3 is 28.7 Å². The number of carbonyl (C=O) groups excluding carboxylic acids is 2. The van der Waals surface area contributed by atoms with E-state index in [0.717, 1.165) is 5.56 Å². The molecular weight excluding hydrogens is 526 g/mol. The standard InChI is InChI=1S/C31H47NO7Si/c1-20-25(35-8)22(19-24(26(20)36-9)39-40(11,12)31(5,6)7)18-23(29(34)38-30(2,3)4)32-28(33)27(37-10)21-16-14-13-15-17-21/h13-17,19,23,27H,18H2,1-12H3,(H,32,33)/t23?,27-/m1/s1. The van der Waals surface area contributed by atoms with E-state index in [9.17, 15) is 9.59 Å². The van der Waals surface area contributed by atoms with Gasteiger partial charge in [-0.25, -0.2) is 4.79 Å². The van der Waals surface area contributed by atoms with Gasteiger partial charge in [-0.15, -0.1) is 0 Å². The van der Waals surface area contributed by atoms with Gasteiger partial charge >= 0.3 is 5.97 Å². The number of amides is 1. The molecule has 1 unspecified atom stereocenters. The lowest BCUT2D eigenvalue weighted by Gasteiger charge is -2.37. The fraction of sp³-hybridized carbons (Fsp3) is 0.548. The molecule has 0 aromatic heterocycles. The predicted molar refractivity (Wildman–Crippen MR) is 160 cm³/mol. The van der Waals surface area contributed by atoms with E-state index in [1.165, 1.54) is 7.11 Å². The van der Waals surface area contributed by atoms with Crippen molar-refractivity contribution in [2.75, 3.05) is 21.3 Å². The quantitative estimate of drug-likeness (QED) is 0.254. The fourth-order valence-corrected chi connectivity index (χ4v) is 5.07. The van der Waals surface area contributed by atoms with E-state index in [1.54, 1.807) is 47.1 Å². The molecular formula is C31H47NO7Si. The Labute approximate surface area is 240 Å². The van der Waals surface area contributed by atoms with Crippen LogP contribution in [-0.4, -0.2) is 53.2 Å². The van der Waals surface area contributed by atoms with Crippen LogP contribution in [0.3, 0.4) is 0 Å². The number of carbonyl (C=O) groups is 2. The van der Waals surface area contributed by atoms with Crippen LogP contribution in [0.4, 0.5) is 0 Å². The van der Waals surface area contributed by atoms with Crippen LogP contribution in [0.25, 0.3) is 0 Å². The maximum Gasteiger partial charge on any atom is 0.329 e. The molecule has 0 heterocycles. The molecule has 0 saturated heterocycles. The summed E-state index contributed by atoms with van der Waals surface area (Å²) in [5, 5.41) is 2.82. The lowest BCUT2D eigenvalue weighted by Crippen LogP contribution is -2.47. The third-order valence-corrected chi connectivity index (χ3v) is 11.4. The maximum atomic E-state index is 13.4. The summed E-state index contributed by atoms with van der Waals surface area (Å²) in [7, 11) is 2.38. The van der Waals surface area contributed by atoms with Crippen molar-refractivity contribution >= 4 is 20.2 Å². The normalized spacial score (nSPS) is 13.7. The molecule has 2 rings (SSSR count). The van der Waals surface area contributed by atoms with Crippen molar-refractivity contribution in [3.8, 4) is 17.2 Å². The average molecular weight is 574 g/mol. The van der Waals surface area contributed by atoms with Gasteiger partial charge in [-0.2, -0.15) is 0 Å². The van der Waals surface area contributed by atoms with Crippen molar-refractivity contribution in [1.29, 1.82) is 0 Å². The minimum absolute atomic E-state index is 0.0500. The van der Waals surface area contributed by atoms with E-state index < -0.39 is 37.9 Å². The molecule has 0 aliphatic carbocycles. The molecule has 0 radical (unpaired) electrons. The highest BCUT2D eigenvalue weighted by Gasteiger charge is 2.40. The molecule has 0 bridgehead atoms. The number of hydrogen-bond acceptors (Lipinski definition) is 7. The predicted octanol–water partition coefficient (Wildman–Crippen LogP) is 6.15. The van der Waals surface area contributed by atoms with Gasteiger partial charge in [-0.3, -0.25) is 4.79 Å². The highest BCUT2D eigenvalue weighted by atomic mass is 28.4. The molecule has 1 N–H and O–H groups in total. The van der Waals surface area contributed by atoms with Gasteiger partial charge in [0.2, 0.25) is 0 Å². The van der Waals surface area contributed by atoms with Gasteiger partial charge in [0, 0.05) is 24.7 Å². The van der Waals surface area contributed by atoms with Gasteiger partial charge in [0.15, 0.2) is 11.9 Å². The largest absolute Gasteiger partial charge is 0.541 e. The van der Waals surface area contributed by atoms with Crippen molar-refractivity contribution in [2.24, 2.45) is 0 Å². The molecule has 40 heavy (non-hydrogen) atoms. The molecule has 9 heteroatoms. The Hall–Kier alpha value is -3.04. The number of methoxy groups -OCH3 is 3. The zero-order chi connectivity index (χ0) is 30.5. The van der Waals surface area contributed by atoms with Crippen LogP contribution < -0.4 is 19.2 Å². The molecule has 0 fully saturated rings. The molecule has 222 valence electrons. The Morgan fingerprint density at radius 1 is 0.925 bits per heavy atom. The van der Waals surface area contributed by atoms with Crippen LogP contribution in [0.1, 0.15) is 64.3 Å². The number of rotatable bonds is 11. The highest BCUT2D eigenvalue weighted by Crippen LogP contribution is 2.45. The summed E-state index contributed by atoms with van der Waals surface area (Å²) >= 11 is 0. The first-order valence-electron chi connectivity index (χ1n) is 13.5. The molecule has 8 nitrogen and oxygen atoms in total. The lowest BCUT2D eigenvalue weighted by atomic mass is 9.99. The van der Waals surface area contributed by atoms with E-state index in [4.69, 9.17) is 23.4 Å². The molecule has 0 aliphatic rings. The van der Waals surface area contributed by atoms with Crippen molar-refractivity contribution in [1.82, 2.24) is 5.32 Å². The molecule has 0 aliphatic heterocycles. The summed E-state index contributed by atoms with van der Waals surface area (Å²) in [6.07, 6.45) is -0.795. The van der Waals surface area contributed by atoms with Gasteiger partial charge in [0.1, 0.15) is 23.1 Å². The van der Waals surface area contributed by atoms with E-state index in [-0.39, 0.29) is 11.5 Å². The molecule has 2 aromatic carbocycles. The van der Waals surface area contributed by atoms with E-state index in [0.29, 0.717) is 28.4 Å². The minimum Gasteiger partial charge on any atom is -0.541 e. The second-order valence-corrected chi connectivity index (χ2v) is 17.1. The molecule has 0 spiro atoms. The first-order valence-corrected chi connectivity index (χ1v) is 16.4. The number of nitrogens with one attached hydrogen (secondary N) is 1. The topological polar surface area (TPSA) is 92.3 Å². The summed E-state index contributed by atoms with van der Waals surface area (Å²) in [6, 6.07) is 9.95. The van der Waals surface area contributed by atoms with Crippen LogP contribution in [0, 0.1) is 6.92 Å². The Morgan fingerprint density at radius 3 is 1.98 bits per heavy atom. The van der Waals surface area contributed by atoms with Crippen molar-refractivity contribution < 1.29 is 33.0 Å². The average Bonchev–Trinajstić information content (AvgIpc) is 2.83.